The van der Waals surface area contributed by atoms with Gasteiger partial charge in [0.25, 0.3) is 0 Å². The van der Waals surface area contributed by atoms with Crippen molar-refractivity contribution in [1.29, 1.82) is 0 Å². The first kappa shape index (κ1) is 12.7. The highest BCUT2D eigenvalue weighted by atomic mass is 16.6. The fourth-order valence-corrected chi connectivity index (χ4v) is 2.75. The Balaban J connectivity index is 0.000000574. The van der Waals surface area contributed by atoms with E-state index in [4.69, 9.17) is 0 Å². The lowest BCUT2D eigenvalue weighted by Gasteiger charge is -2.25. The van der Waals surface area contributed by atoms with Crippen LogP contribution >= 0.6 is 0 Å². The Morgan fingerprint density at radius 3 is 1.11 bits per heavy atom. The molecule has 4 unspecified atom stereocenters. The van der Waals surface area contributed by atoms with Crippen LogP contribution < -0.4 is 0 Å². The van der Waals surface area contributed by atoms with Crippen LogP contribution in [-0.4, -0.2) is 23.9 Å². The van der Waals surface area contributed by atoms with E-state index in [9.17, 15) is 19.2 Å². The van der Waals surface area contributed by atoms with Gasteiger partial charge in [-0.2, -0.15) is 0 Å². The summed E-state index contributed by atoms with van der Waals surface area (Å²) in [5.41, 5.74) is 0. The molecule has 2 aliphatic heterocycles. The molecule has 0 aromatic rings. The fraction of sp³-hybridized carbons (Fsp3) is 0.667. The molecule has 0 aromatic heterocycles. The van der Waals surface area contributed by atoms with Gasteiger partial charge in [-0.25, -0.2) is 0 Å². The molecule has 1 saturated carbocycles. The molecule has 98 valence electrons. The van der Waals surface area contributed by atoms with Crippen LogP contribution in [0.25, 0.3) is 0 Å². The third kappa shape index (κ3) is 1.72. The van der Waals surface area contributed by atoms with Crippen molar-refractivity contribution in [2.24, 2.45) is 23.7 Å². The van der Waals surface area contributed by atoms with E-state index in [1.54, 1.807) is 0 Å². The van der Waals surface area contributed by atoms with Crippen LogP contribution in [-0.2, 0) is 28.7 Å². The minimum absolute atomic E-state index is 0.185. The van der Waals surface area contributed by atoms with E-state index in [1.807, 2.05) is 13.8 Å². The Morgan fingerprint density at radius 2 is 0.889 bits per heavy atom. The number of fused-ring (bicyclic) bond motifs is 2. The standard InChI is InChI=1S/C10H8O6.C2H6/c11-7-3-1-4-6(10(14)16-8(4)12)2-5(3)9(13)15-7;1-2/h3-6H,1-2H2;1-2H3. The highest BCUT2D eigenvalue weighted by molar-refractivity contribution is 6.01. The normalized spacial score (nSPS) is 37.2. The highest BCUT2D eigenvalue weighted by Crippen LogP contribution is 2.45. The maximum absolute atomic E-state index is 11.3. The van der Waals surface area contributed by atoms with Crippen molar-refractivity contribution in [3.63, 3.8) is 0 Å². The summed E-state index contributed by atoms with van der Waals surface area (Å²) >= 11 is 0. The molecule has 6 nitrogen and oxygen atoms in total. The summed E-state index contributed by atoms with van der Waals surface area (Å²) in [6, 6.07) is 0. The Bertz CT molecular complexity index is 350. The van der Waals surface area contributed by atoms with Gasteiger partial charge < -0.3 is 9.47 Å². The van der Waals surface area contributed by atoms with Gasteiger partial charge in [0, 0.05) is 0 Å². The van der Waals surface area contributed by atoms with Crippen molar-refractivity contribution in [3.8, 4) is 0 Å². The summed E-state index contributed by atoms with van der Waals surface area (Å²) in [6.45, 7) is 4.00. The molecule has 3 aliphatic rings. The minimum atomic E-state index is -0.583. The molecule has 0 spiro atoms. The van der Waals surface area contributed by atoms with Crippen LogP contribution in [0.2, 0.25) is 0 Å². The Labute approximate surface area is 104 Å². The number of carbonyl (C=O) groups is 4. The smallest absolute Gasteiger partial charge is 0.317 e. The highest BCUT2D eigenvalue weighted by Gasteiger charge is 2.57. The van der Waals surface area contributed by atoms with Gasteiger partial charge in [0.2, 0.25) is 0 Å². The van der Waals surface area contributed by atoms with Crippen molar-refractivity contribution in [2.45, 2.75) is 26.7 Å². The molecule has 3 fully saturated rings. The van der Waals surface area contributed by atoms with E-state index < -0.39 is 47.5 Å². The fourth-order valence-electron chi connectivity index (χ4n) is 2.75. The topological polar surface area (TPSA) is 86.7 Å². The Kier molecular flexibility index (Phi) is 3.19. The van der Waals surface area contributed by atoms with Crippen molar-refractivity contribution in [2.75, 3.05) is 0 Å². The van der Waals surface area contributed by atoms with E-state index in [2.05, 4.69) is 9.47 Å². The summed E-state index contributed by atoms with van der Waals surface area (Å²) in [4.78, 5) is 45.3. The van der Waals surface area contributed by atoms with Crippen LogP contribution in [0.1, 0.15) is 26.7 Å². The number of esters is 4. The molecule has 0 amide bonds. The molecule has 2 heterocycles. The van der Waals surface area contributed by atoms with E-state index in [1.165, 1.54) is 0 Å². The largest absolute Gasteiger partial charge is 0.393 e. The van der Waals surface area contributed by atoms with Gasteiger partial charge >= 0.3 is 23.9 Å². The molecule has 0 aromatic carbocycles. The summed E-state index contributed by atoms with van der Waals surface area (Å²) in [5.74, 6) is -4.64. The number of ether oxygens (including phenoxy) is 2. The third-order valence-corrected chi connectivity index (χ3v) is 3.60. The second-order valence-corrected chi connectivity index (χ2v) is 4.38. The first-order valence-electron chi connectivity index (χ1n) is 6.09. The molecule has 6 heteroatoms. The Hall–Kier alpha value is -1.72. The summed E-state index contributed by atoms with van der Waals surface area (Å²) < 4.78 is 9.01. The van der Waals surface area contributed by atoms with E-state index in [0.717, 1.165) is 0 Å². The SMILES string of the molecule is CC.O=C1OC(=O)C2CC3C(=O)OC(=O)C3CC12. The van der Waals surface area contributed by atoms with Crippen molar-refractivity contribution in [3.05, 3.63) is 0 Å². The zero-order valence-electron chi connectivity index (χ0n) is 10.2. The Morgan fingerprint density at radius 1 is 0.667 bits per heavy atom. The van der Waals surface area contributed by atoms with Crippen LogP contribution in [0.4, 0.5) is 0 Å². The van der Waals surface area contributed by atoms with Crippen LogP contribution in [0.5, 0.6) is 0 Å². The first-order chi connectivity index (χ1) is 8.58. The van der Waals surface area contributed by atoms with Gasteiger partial charge in [-0.3, -0.25) is 19.2 Å². The van der Waals surface area contributed by atoms with Crippen molar-refractivity contribution in [1.82, 2.24) is 0 Å². The first-order valence-corrected chi connectivity index (χ1v) is 6.09. The lowest BCUT2D eigenvalue weighted by Crippen LogP contribution is -2.35. The van der Waals surface area contributed by atoms with E-state index in [0.29, 0.717) is 0 Å². The summed E-state index contributed by atoms with van der Waals surface area (Å²) in [7, 11) is 0. The molecule has 0 bridgehead atoms. The number of cyclic esters (lactones) is 4. The minimum Gasteiger partial charge on any atom is -0.393 e. The molecular weight excluding hydrogens is 240 g/mol. The van der Waals surface area contributed by atoms with Gasteiger partial charge in [-0.05, 0) is 12.8 Å². The van der Waals surface area contributed by atoms with Crippen LogP contribution in [0.3, 0.4) is 0 Å². The van der Waals surface area contributed by atoms with Gasteiger partial charge in [-0.1, -0.05) is 13.8 Å². The van der Waals surface area contributed by atoms with Crippen molar-refractivity contribution >= 4 is 23.9 Å². The van der Waals surface area contributed by atoms with E-state index in [-0.39, 0.29) is 12.8 Å². The van der Waals surface area contributed by atoms with Gasteiger partial charge in [0.1, 0.15) is 0 Å². The number of hydrogen-bond acceptors (Lipinski definition) is 6. The lowest BCUT2D eigenvalue weighted by molar-refractivity contribution is -0.154. The number of hydrogen-bond donors (Lipinski definition) is 0. The molecule has 18 heavy (non-hydrogen) atoms. The predicted molar refractivity (Wildman–Crippen MR) is 56.7 cm³/mol. The van der Waals surface area contributed by atoms with Gasteiger partial charge in [0.05, 0.1) is 23.7 Å². The van der Waals surface area contributed by atoms with Crippen LogP contribution in [0, 0.1) is 23.7 Å². The molecule has 3 rings (SSSR count). The average Bonchev–Trinajstić information content (AvgIpc) is 2.80. The zero-order valence-corrected chi connectivity index (χ0v) is 10.2. The second kappa shape index (κ2) is 4.51. The van der Waals surface area contributed by atoms with E-state index >= 15 is 0 Å². The van der Waals surface area contributed by atoms with Gasteiger partial charge in [-0.15, -0.1) is 0 Å². The number of rotatable bonds is 0. The lowest BCUT2D eigenvalue weighted by atomic mass is 9.70. The quantitative estimate of drug-likeness (QED) is 0.460. The maximum atomic E-state index is 11.3. The van der Waals surface area contributed by atoms with Crippen molar-refractivity contribution < 1.29 is 28.7 Å². The molecule has 0 radical (unpaired) electrons. The molecule has 0 N–H and O–H groups in total. The molecular formula is C12H14O6. The van der Waals surface area contributed by atoms with Crippen LogP contribution in [0.15, 0.2) is 0 Å². The summed E-state index contributed by atoms with van der Waals surface area (Å²) in [6.07, 6.45) is 0.370. The predicted octanol–water partition coefficient (Wildman–Crippen LogP) is 0.438. The average molecular weight is 254 g/mol. The molecule has 1 aliphatic carbocycles. The monoisotopic (exact) mass is 254 g/mol. The third-order valence-electron chi connectivity index (χ3n) is 3.60. The van der Waals surface area contributed by atoms with Gasteiger partial charge in [0.15, 0.2) is 0 Å². The maximum Gasteiger partial charge on any atom is 0.317 e. The zero-order chi connectivity index (χ0) is 13.4. The molecule has 4 atom stereocenters. The molecule has 2 saturated heterocycles. The number of carbonyl (C=O) groups excluding carboxylic acids is 4. The second-order valence-electron chi connectivity index (χ2n) is 4.38. The summed E-state index contributed by atoms with van der Waals surface area (Å²) in [5, 5.41) is 0.